The topological polar surface area (TPSA) is 75.7 Å². The van der Waals surface area contributed by atoms with Crippen LogP contribution >= 0.6 is 0 Å². The molecule has 1 aliphatic rings. The van der Waals surface area contributed by atoms with E-state index < -0.39 is 0 Å². The summed E-state index contributed by atoms with van der Waals surface area (Å²) in [4.78, 5) is 25.1. The van der Waals surface area contributed by atoms with Crippen molar-refractivity contribution >= 4 is 18.2 Å². The molecule has 0 saturated heterocycles. The van der Waals surface area contributed by atoms with Crippen LogP contribution in [-0.2, 0) is 7.05 Å². The molecule has 0 spiro atoms. The second-order valence-electron chi connectivity index (χ2n) is 4.56. The van der Waals surface area contributed by atoms with Gasteiger partial charge in [-0.2, -0.15) is 5.10 Å². The van der Waals surface area contributed by atoms with Crippen molar-refractivity contribution in [2.75, 3.05) is 11.6 Å². The Morgan fingerprint density at radius 1 is 1.38 bits per heavy atom. The molecule has 0 saturated carbocycles. The van der Waals surface area contributed by atoms with Crippen LogP contribution in [0.25, 0.3) is 6.58 Å². The zero-order valence-corrected chi connectivity index (χ0v) is 11.8. The molecule has 0 bridgehead atoms. The lowest BCUT2D eigenvalue weighted by Gasteiger charge is -2.20. The number of anilines is 1. The van der Waals surface area contributed by atoms with Gasteiger partial charge in [0.2, 0.25) is 0 Å². The van der Waals surface area contributed by atoms with E-state index in [0.717, 1.165) is 5.56 Å². The highest BCUT2D eigenvalue weighted by atomic mass is 16.1. The van der Waals surface area contributed by atoms with Gasteiger partial charge in [0.25, 0.3) is 5.56 Å². The molecule has 3 rings (SSSR count). The van der Waals surface area contributed by atoms with E-state index in [2.05, 4.69) is 26.6 Å². The Labute approximate surface area is 120 Å². The molecule has 7 heteroatoms. The maximum absolute atomic E-state index is 12.4. The van der Waals surface area contributed by atoms with Gasteiger partial charge < -0.3 is 0 Å². The summed E-state index contributed by atoms with van der Waals surface area (Å²) in [6.45, 7) is 6.27. The molecule has 0 amide bonds. The van der Waals surface area contributed by atoms with Crippen molar-refractivity contribution in [3.05, 3.63) is 51.3 Å². The maximum Gasteiger partial charge on any atom is 0.281 e. The molecular weight excluding hydrogens is 268 g/mol. The third kappa shape index (κ3) is 2.12. The predicted molar refractivity (Wildman–Crippen MR) is 79.6 cm³/mol. The number of pyridine rings is 1. The molecule has 1 aliphatic heterocycles. The highest BCUT2D eigenvalue weighted by Crippen LogP contribution is 2.10. The van der Waals surface area contributed by atoms with Crippen molar-refractivity contribution in [2.24, 2.45) is 17.1 Å². The summed E-state index contributed by atoms with van der Waals surface area (Å²) in [7, 11) is 1.62. The van der Waals surface area contributed by atoms with Crippen LogP contribution in [0.1, 0.15) is 12.5 Å². The highest BCUT2D eigenvalue weighted by molar-refractivity contribution is 6.00. The number of amidine groups is 1. The molecule has 2 aromatic heterocycles. The lowest BCUT2D eigenvalue weighted by Crippen LogP contribution is -2.48. The minimum Gasteiger partial charge on any atom is -0.295 e. The monoisotopic (exact) mass is 282 g/mol. The SMILES string of the molecule is C=c1nc2c(c(=O)n1C)=NC(c1cccnc1)=NN2CC. The molecule has 0 radical (unpaired) electrons. The molecule has 106 valence electrons. The number of fused-ring (bicyclic) bond motifs is 1. The summed E-state index contributed by atoms with van der Waals surface area (Å²) < 4.78 is 1.38. The van der Waals surface area contributed by atoms with E-state index in [0.29, 0.717) is 23.7 Å². The summed E-state index contributed by atoms with van der Waals surface area (Å²) in [6.07, 6.45) is 3.34. The van der Waals surface area contributed by atoms with Gasteiger partial charge in [0, 0.05) is 31.5 Å². The first-order chi connectivity index (χ1) is 10.1. The average Bonchev–Trinajstić information content (AvgIpc) is 2.53. The number of hydrogen-bond donors (Lipinski definition) is 0. The second-order valence-corrected chi connectivity index (χ2v) is 4.56. The number of hydrazone groups is 1. The van der Waals surface area contributed by atoms with Gasteiger partial charge in [-0.15, -0.1) is 0 Å². The standard InChI is InChI=1S/C14H14N6O/c1-4-20-13-11(14(21)19(3)9(2)16-13)17-12(18-20)10-6-5-7-15-8-10/h5-8H,2,4H2,1,3H3. The first-order valence-electron chi connectivity index (χ1n) is 6.53. The van der Waals surface area contributed by atoms with Crippen LogP contribution in [-0.4, -0.2) is 26.9 Å². The van der Waals surface area contributed by atoms with Gasteiger partial charge in [-0.3, -0.25) is 14.3 Å². The smallest absolute Gasteiger partial charge is 0.281 e. The first kappa shape index (κ1) is 13.2. The van der Waals surface area contributed by atoms with Gasteiger partial charge in [0.05, 0.1) is 0 Å². The van der Waals surface area contributed by atoms with E-state index in [-0.39, 0.29) is 10.9 Å². The second kappa shape index (κ2) is 4.93. The molecule has 0 unspecified atom stereocenters. The fraction of sp³-hybridized carbons (Fsp3) is 0.214. The Kier molecular flexibility index (Phi) is 3.09. The van der Waals surface area contributed by atoms with Gasteiger partial charge in [0.1, 0.15) is 5.48 Å². The van der Waals surface area contributed by atoms with E-state index in [1.54, 1.807) is 30.5 Å². The fourth-order valence-electron chi connectivity index (χ4n) is 2.03. The van der Waals surface area contributed by atoms with Crippen LogP contribution < -0.4 is 21.4 Å². The molecule has 0 N–H and O–H groups in total. The molecular formula is C14H14N6O. The van der Waals surface area contributed by atoms with Crippen molar-refractivity contribution in [1.29, 1.82) is 0 Å². The minimum atomic E-state index is -0.236. The molecule has 0 fully saturated rings. The summed E-state index contributed by atoms with van der Waals surface area (Å²) in [6, 6.07) is 3.65. The molecule has 7 nitrogen and oxygen atoms in total. The number of nitrogens with zero attached hydrogens (tertiary/aromatic N) is 6. The summed E-state index contributed by atoms with van der Waals surface area (Å²) in [5.74, 6) is 0.895. The van der Waals surface area contributed by atoms with Gasteiger partial charge in [-0.05, 0) is 19.1 Å². The van der Waals surface area contributed by atoms with Crippen LogP contribution in [0.3, 0.4) is 0 Å². The number of aromatic nitrogens is 3. The molecule has 3 heterocycles. The zero-order valence-electron chi connectivity index (χ0n) is 11.8. The normalized spacial score (nSPS) is 13.4. The van der Waals surface area contributed by atoms with E-state index in [1.165, 1.54) is 4.57 Å². The van der Waals surface area contributed by atoms with Crippen LogP contribution in [0.5, 0.6) is 0 Å². The average molecular weight is 282 g/mol. The lowest BCUT2D eigenvalue weighted by molar-refractivity contribution is 0.738. The third-order valence-corrected chi connectivity index (χ3v) is 3.24. The van der Waals surface area contributed by atoms with Gasteiger partial charge in [-0.1, -0.05) is 6.58 Å². The highest BCUT2D eigenvalue weighted by Gasteiger charge is 2.19. The quantitative estimate of drug-likeness (QED) is 0.737. The Balaban J connectivity index is 2.31. The predicted octanol–water partition coefficient (Wildman–Crippen LogP) is -0.593. The lowest BCUT2D eigenvalue weighted by atomic mass is 10.2. The van der Waals surface area contributed by atoms with Crippen molar-refractivity contribution < 1.29 is 0 Å². The van der Waals surface area contributed by atoms with Crippen LogP contribution in [0, 0.1) is 0 Å². The molecule has 0 aliphatic carbocycles. The van der Waals surface area contributed by atoms with Crippen LogP contribution in [0.4, 0.5) is 5.82 Å². The van der Waals surface area contributed by atoms with Crippen molar-refractivity contribution in [2.45, 2.75) is 6.92 Å². The van der Waals surface area contributed by atoms with E-state index in [4.69, 9.17) is 0 Å². The maximum atomic E-state index is 12.4. The number of hydrogen-bond acceptors (Lipinski definition) is 6. The van der Waals surface area contributed by atoms with E-state index in [1.807, 2.05) is 13.0 Å². The Morgan fingerprint density at radius 2 is 2.19 bits per heavy atom. The Morgan fingerprint density at radius 3 is 2.86 bits per heavy atom. The van der Waals surface area contributed by atoms with Crippen LogP contribution in [0.15, 0.2) is 39.4 Å². The molecule has 2 aromatic rings. The zero-order chi connectivity index (χ0) is 15.0. The van der Waals surface area contributed by atoms with Crippen LogP contribution in [0.2, 0.25) is 0 Å². The molecule has 21 heavy (non-hydrogen) atoms. The summed E-state index contributed by atoms with van der Waals surface area (Å²) in [5, 5.41) is 6.36. The summed E-state index contributed by atoms with van der Waals surface area (Å²) >= 11 is 0. The van der Waals surface area contributed by atoms with Gasteiger partial charge in [-0.25, -0.2) is 15.0 Å². The number of rotatable bonds is 2. The van der Waals surface area contributed by atoms with Gasteiger partial charge >= 0.3 is 0 Å². The fourth-order valence-corrected chi connectivity index (χ4v) is 2.03. The van der Waals surface area contributed by atoms with Crippen molar-refractivity contribution in [3.8, 4) is 0 Å². The Bertz CT molecular complexity index is 884. The van der Waals surface area contributed by atoms with E-state index in [9.17, 15) is 4.79 Å². The third-order valence-electron chi connectivity index (χ3n) is 3.24. The largest absolute Gasteiger partial charge is 0.295 e. The van der Waals surface area contributed by atoms with Crippen molar-refractivity contribution in [3.63, 3.8) is 0 Å². The Hall–Kier alpha value is -2.83. The summed E-state index contributed by atoms with van der Waals surface area (Å²) in [5.41, 5.74) is 0.898. The molecule has 0 atom stereocenters. The molecule has 0 aromatic carbocycles. The first-order valence-corrected chi connectivity index (χ1v) is 6.53. The van der Waals surface area contributed by atoms with E-state index >= 15 is 0 Å². The van der Waals surface area contributed by atoms with Crippen molar-refractivity contribution in [1.82, 2.24) is 14.5 Å². The van der Waals surface area contributed by atoms with Gasteiger partial charge in [0.15, 0.2) is 17.0 Å². The minimum absolute atomic E-state index is 0.236.